The smallest absolute Gasteiger partial charge is 0.253 e. The van der Waals surface area contributed by atoms with E-state index in [9.17, 15) is 4.79 Å². The van der Waals surface area contributed by atoms with Crippen molar-refractivity contribution in [2.45, 2.75) is 20.3 Å². The Bertz CT molecular complexity index is 1240. The third kappa shape index (κ3) is 4.26. The lowest BCUT2D eigenvalue weighted by atomic mass is 10.0. The van der Waals surface area contributed by atoms with Crippen LogP contribution in [0.2, 0.25) is 0 Å². The van der Waals surface area contributed by atoms with Crippen molar-refractivity contribution in [2.75, 3.05) is 31.1 Å². The molecular formula is C27H27N3OS. The number of benzene rings is 3. The highest BCUT2D eigenvalue weighted by Crippen LogP contribution is 2.32. The van der Waals surface area contributed by atoms with Gasteiger partial charge in [0.15, 0.2) is 5.13 Å². The molecule has 32 heavy (non-hydrogen) atoms. The van der Waals surface area contributed by atoms with E-state index in [0.29, 0.717) is 0 Å². The maximum absolute atomic E-state index is 13.0. The summed E-state index contributed by atoms with van der Waals surface area (Å²) in [5, 5.41) is 1.06. The molecular weight excluding hydrogens is 414 g/mol. The highest BCUT2D eigenvalue weighted by atomic mass is 32.1. The number of aryl methyl sites for hydroxylation is 2. The Labute approximate surface area is 193 Å². The van der Waals surface area contributed by atoms with Gasteiger partial charge in [-0.15, -0.1) is 0 Å². The van der Waals surface area contributed by atoms with Crippen molar-refractivity contribution in [1.82, 2.24) is 9.88 Å². The number of hydrogen-bond acceptors (Lipinski definition) is 4. The summed E-state index contributed by atoms with van der Waals surface area (Å²) in [5.41, 5.74) is 6.87. The van der Waals surface area contributed by atoms with E-state index in [1.807, 2.05) is 23.1 Å². The number of amides is 1. The number of rotatable bonds is 4. The molecule has 162 valence electrons. The van der Waals surface area contributed by atoms with Gasteiger partial charge in [0.05, 0.1) is 10.2 Å². The number of hydrogen-bond donors (Lipinski definition) is 0. The molecule has 4 nitrogen and oxygen atoms in total. The second kappa shape index (κ2) is 8.75. The van der Waals surface area contributed by atoms with Gasteiger partial charge in [0, 0.05) is 31.7 Å². The Morgan fingerprint density at radius 3 is 2.31 bits per heavy atom. The summed E-state index contributed by atoms with van der Waals surface area (Å²) in [6, 6.07) is 22.9. The van der Waals surface area contributed by atoms with E-state index in [1.54, 1.807) is 11.3 Å². The number of piperazine rings is 1. The molecule has 0 saturated carbocycles. The van der Waals surface area contributed by atoms with E-state index in [1.165, 1.54) is 27.0 Å². The van der Waals surface area contributed by atoms with Gasteiger partial charge in [-0.2, -0.15) is 0 Å². The van der Waals surface area contributed by atoms with Crippen LogP contribution in [0.25, 0.3) is 10.2 Å². The van der Waals surface area contributed by atoms with Crippen LogP contribution >= 0.6 is 11.3 Å². The van der Waals surface area contributed by atoms with Crippen molar-refractivity contribution in [2.24, 2.45) is 0 Å². The lowest BCUT2D eigenvalue weighted by Crippen LogP contribution is -2.48. The summed E-state index contributed by atoms with van der Waals surface area (Å²) < 4.78 is 1.24. The van der Waals surface area contributed by atoms with Crippen LogP contribution in [0.15, 0.2) is 66.7 Å². The van der Waals surface area contributed by atoms with Gasteiger partial charge in [-0.1, -0.05) is 59.9 Å². The average molecular weight is 442 g/mol. The predicted molar refractivity (Wildman–Crippen MR) is 133 cm³/mol. The number of thiazole rings is 1. The normalized spacial score (nSPS) is 14.2. The van der Waals surface area contributed by atoms with Crippen molar-refractivity contribution in [1.29, 1.82) is 0 Å². The molecule has 0 radical (unpaired) electrons. The second-order valence-electron chi connectivity index (χ2n) is 8.56. The molecule has 1 saturated heterocycles. The van der Waals surface area contributed by atoms with Crippen LogP contribution in [-0.2, 0) is 6.42 Å². The van der Waals surface area contributed by atoms with E-state index in [4.69, 9.17) is 4.98 Å². The molecule has 0 unspecified atom stereocenters. The summed E-state index contributed by atoms with van der Waals surface area (Å²) in [5.74, 6) is 0.117. The lowest BCUT2D eigenvalue weighted by Gasteiger charge is -2.34. The molecule has 5 rings (SSSR count). The quantitative estimate of drug-likeness (QED) is 0.422. The van der Waals surface area contributed by atoms with E-state index in [2.05, 4.69) is 67.3 Å². The minimum Gasteiger partial charge on any atom is -0.345 e. The van der Waals surface area contributed by atoms with Gasteiger partial charge in [0.25, 0.3) is 5.91 Å². The van der Waals surface area contributed by atoms with Gasteiger partial charge >= 0.3 is 0 Å². The standard InChI is InChI=1S/C27H27N3OS/c1-19-16-20(2)25-24(17-19)32-27(28-25)30-14-12-29(13-15-30)26(31)23-10-8-22(9-11-23)18-21-6-4-3-5-7-21/h3-11,16-17H,12-15,18H2,1-2H3. The molecule has 1 amide bonds. The summed E-state index contributed by atoms with van der Waals surface area (Å²) in [6.07, 6.45) is 0.884. The van der Waals surface area contributed by atoms with Crippen LogP contribution in [-0.4, -0.2) is 42.0 Å². The first-order chi connectivity index (χ1) is 15.6. The fourth-order valence-corrected chi connectivity index (χ4v) is 5.57. The zero-order valence-corrected chi connectivity index (χ0v) is 19.4. The molecule has 1 aliphatic rings. The fraction of sp³-hybridized carbons (Fsp3) is 0.259. The number of carbonyl (C=O) groups is 1. The third-order valence-corrected chi connectivity index (χ3v) is 7.17. The van der Waals surface area contributed by atoms with Crippen molar-refractivity contribution in [3.8, 4) is 0 Å². The van der Waals surface area contributed by atoms with Crippen molar-refractivity contribution in [3.63, 3.8) is 0 Å². The van der Waals surface area contributed by atoms with Crippen LogP contribution in [0.1, 0.15) is 32.6 Å². The zero-order valence-electron chi connectivity index (χ0n) is 18.5. The maximum Gasteiger partial charge on any atom is 0.253 e. The number of fused-ring (bicyclic) bond motifs is 1. The Balaban J connectivity index is 1.22. The van der Waals surface area contributed by atoms with Crippen LogP contribution < -0.4 is 4.90 Å². The molecule has 0 aliphatic carbocycles. The van der Waals surface area contributed by atoms with Crippen molar-refractivity contribution >= 4 is 32.6 Å². The van der Waals surface area contributed by atoms with Crippen LogP contribution in [0.4, 0.5) is 5.13 Å². The van der Waals surface area contributed by atoms with Crippen LogP contribution in [0, 0.1) is 13.8 Å². The molecule has 0 spiro atoms. The molecule has 1 aliphatic heterocycles. The number of anilines is 1. The SMILES string of the molecule is Cc1cc(C)c2nc(N3CCN(C(=O)c4ccc(Cc5ccccc5)cc4)CC3)sc2c1. The van der Waals surface area contributed by atoms with Crippen molar-refractivity contribution in [3.05, 3.63) is 94.5 Å². The maximum atomic E-state index is 13.0. The minimum atomic E-state index is 0.117. The molecule has 1 fully saturated rings. The van der Waals surface area contributed by atoms with E-state index in [0.717, 1.165) is 48.8 Å². The topological polar surface area (TPSA) is 36.4 Å². The summed E-state index contributed by atoms with van der Waals surface area (Å²) in [6.45, 7) is 7.33. The van der Waals surface area contributed by atoms with Crippen LogP contribution in [0.5, 0.6) is 0 Å². The van der Waals surface area contributed by atoms with E-state index < -0.39 is 0 Å². The molecule has 0 atom stereocenters. The van der Waals surface area contributed by atoms with E-state index >= 15 is 0 Å². The Morgan fingerprint density at radius 2 is 1.59 bits per heavy atom. The molecule has 0 bridgehead atoms. The zero-order chi connectivity index (χ0) is 22.1. The van der Waals surface area contributed by atoms with Gasteiger partial charge in [-0.25, -0.2) is 4.98 Å². The average Bonchev–Trinajstić information content (AvgIpc) is 3.24. The van der Waals surface area contributed by atoms with Crippen LogP contribution in [0.3, 0.4) is 0 Å². The Hall–Kier alpha value is -3.18. The predicted octanol–water partition coefficient (Wildman–Crippen LogP) is 5.47. The van der Waals surface area contributed by atoms with Gasteiger partial charge in [-0.3, -0.25) is 4.79 Å². The fourth-order valence-electron chi connectivity index (χ4n) is 4.37. The first kappa shape index (κ1) is 20.7. The van der Waals surface area contributed by atoms with Crippen molar-refractivity contribution < 1.29 is 4.79 Å². The molecule has 0 N–H and O–H groups in total. The lowest BCUT2D eigenvalue weighted by molar-refractivity contribution is 0.0747. The molecule has 2 heterocycles. The monoisotopic (exact) mass is 441 g/mol. The Kier molecular flexibility index (Phi) is 5.66. The highest BCUT2D eigenvalue weighted by Gasteiger charge is 2.24. The number of nitrogens with zero attached hydrogens (tertiary/aromatic N) is 3. The van der Waals surface area contributed by atoms with Gasteiger partial charge in [-0.05, 0) is 60.7 Å². The number of carbonyl (C=O) groups excluding carboxylic acids is 1. The summed E-state index contributed by atoms with van der Waals surface area (Å²) in [4.78, 5) is 22.2. The molecule has 5 heteroatoms. The van der Waals surface area contributed by atoms with Gasteiger partial charge in [0.2, 0.25) is 0 Å². The second-order valence-corrected chi connectivity index (χ2v) is 9.57. The minimum absolute atomic E-state index is 0.117. The largest absolute Gasteiger partial charge is 0.345 e. The Morgan fingerprint density at radius 1 is 0.906 bits per heavy atom. The first-order valence-electron chi connectivity index (χ1n) is 11.1. The summed E-state index contributed by atoms with van der Waals surface area (Å²) >= 11 is 1.75. The molecule has 4 aromatic rings. The van der Waals surface area contributed by atoms with Gasteiger partial charge < -0.3 is 9.80 Å². The van der Waals surface area contributed by atoms with E-state index in [-0.39, 0.29) is 5.91 Å². The summed E-state index contributed by atoms with van der Waals surface area (Å²) in [7, 11) is 0. The number of aromatic nitrogens is 1. The molecule has 1 aromatic heterocycles. The first-order valence-corrected chi connectivity index (χ1v) is 11.9. The molecule has 3 aromatic carbocycles. The third-order valence-electron chi connectivity index (χ3n) is 6.11. The van der Waals surface area contributed by atoms with Gasteiger partial charge in [0.1, 0.15) is 0 Å². The highest BCUT2D eigenvalue weighted by molar-refractivity contribution is 7.22.